The minimum absolute atomic E-state index is 0.0841. The van der Waals surface area contributed by atoms with Crippen LogP contribution in [0, 0.1) is 3.57 Å². The van der Waals surface area contributed by atoms with Crippen molar-refractivity contribution in [2.45, 2.75) is 70.8 Å². The number of alkyl halides is 1. The number of fused-ring (bicyclic) bond motifs is 2. The van der Waals surface area contributed by atoms with Gasteiger partial charge in [0.15, 0.2) is 5.78 Å². The lowest BCUT2D eigenvalue weighted by Gasteiger charge is -2.47. The average molecular weight is 843 g/mol. The summed E-state index contributed by atoms with van der Waals surface area (Å²) >= 11 is 14.8. The zero-order valence-corrected chi connectivity index (χ0v) is 30.6. The van der Waals surface area contributed by atoms with Gasteiger partial charge in [-0.05, 0) is 111 Å². The molecule has 42 heavy (non-hydrogen) atoms. The fourth-order valence-electron chi connectivity index (χ4n) is 4.19. The van der Waals surface area contributed by atoms with Gasteiger partial charge in [-0.1, -0.05) is 37.9 Å². The van der Waals surface area contributed by atoms with Crippen molar-refractivity contribution in [3.8, 4) is 0 Å². The number of amides is 2. The molecule has 5 rings (SSSR count). The van der Waals surface area contributed by atoms with Crippen molar-refractivity contribution < 1.29 is 28.6 Å². The Morgan fingerprint density at radius 1 is 0.929 bits per heavy atom. The molecule has 3 aliphatic heterocycles. The van der Waals surface area contributed by atoms with Gasteiger partial charge in [-0.15, -0.1) is 11.6 Å². The van der Waals surface area contributed by atoms with Crippen LogP contribution in [0.5, 0.6) is 0 Å². The smallest absolute Gasteiger partial charge is 0.411 e. The maximum Gasteiger partial charge on any atom is 0.411 e. The summed E-state index contributed by atoms with van der Waals surface area (Å²) in [6.45, 7) is 13.2. The molecule has 0 unspecified atom stereocenters. The maximum absolute atomic E-state index is 12.0. The fraction of sp³-hybridized carbons (Fsp3) is 0.500. The van der Waals surface area contributed by atoms with Gasteiger partial charge < -0.3 is 19.1 Å². The quantitative estimate of drug-likeness (QED) is 0.214. The van der Waals surface area contributed by atoms with Crippen molar-refractivity contribution in [1.29, 1.82) is 0 Å². The molecule has 12 heteroatoms. The highest BCUT2D eigenvalue weighted by molar-refractivity contribution is 14.1. The first-order chi connectivity index (χ1) is 19.4. The van der Waals surface area contributed by atoms with Crippen molar-refractivity contribution in [2.24, 2.45) is 0 Å². The van der Waals surface area contributed by atoms with E-state index in [1.54, 1.807) is 25.7 Å². The van der Waals surface area contributed by atoms with Crippen LogP contribution in [0.25, 0.3) is 0 Å². The van der Waals surface area contributed by atoms with Gasteiger partial charge in [0, 0.05) is 18.4 Å². The Labute approximate surface area is 283 Å². The molecule has 0 aliphatic carbocycles. The van der Waals surface area contributed by atoms with E-state index in [-0.39, 0.29) is 30.6 Å². The van der Waals surface area contributed by atoms with E-state index >= 15 is 0 Å². The predicted molar refractivity (Wildman–Crippen MR) is 178 cm³/mol. The molecule has 2 aromatic carbocycles. The van der Waals surface area contributed by atoms with Crippen LogP contribution in [-0.2, 0) is 37.1 Å². The Morgan fingerprint density at radius 3 is 1.95 bits per heavy atom. The van der Waals surface area contributed by atoms with Crippen molar-refractivity contribution in [2.75, 3.05) is 26.2 Å². The first kappa shape index (κ1) is 35.1. The predicted octanol–water partition coefficient (Wildman–Crippen LogP) is 8.02. The van der Waals surface area contributed by atoms with Crippen LogP contribution in [0.2, 0.25) is 0 Å². The zero-order valence-electron chi connectivity index (χ0n) is 24.6. The van der Waals surface area contributed by atoms with Crippen LogP contribution in [0.3, 0.4) is 0 Å². The topological polar surface area (TPSA) is 85.4 Å². The number of carbonyl (C=O) groups is 3. The third-order valence-corrected chi connectivity index (χ3v) is 8.47. The third-order valence-electron chi connectivity index (χ3n) is 6.14. The van der Waals surface area contributed by atoms with E-state index < -0.39 is 17.3 Å². The molecule has 2 aromatic rings. The van der Waals surface area contributed by atoms with Gasteiger partial charge >= 0.3 is 12.2 Å². The summed E-state index contributed by atoms with van der Waals surface area (Å²) < 4.78 is 19.7. The molecule has 2 saturated heterocycles. The summed E-state index contributed by atoms with van der Waals surface area (Å²) in [7, 11) is 0. The molecule has 0 saturated carbocycles. The van der Waals surface area contributed by atoms with Gasteiger partial charge in [0.25, 0.3) is 0 Å². The van der Waals surface area contributed by atoms with E-state index in [0.29, 0.717) is 25.6 Å². The first-order valence-electron chi connectivity index (χ1n) is 13.3. The molecule has 230 valence electrons. The Hall–Kier alpha value is -1.41. The van der Waals surface area contributed by atoms with Crippen LogP contribution < -0.4 is 0 Å². The molecule has 0 aromatic heterocycles. The second-order valence-electron chi connectivity index (χ2n) is 12.2. The standard InChI is InChI=1S/C15H18BrNO3.C8H13NO3.C7H5BrClI/c1-14(2,3)20-13(18)17-8-15(9-17)12-5-4-11(16)6-10(12)7-19-15;1-8(2,3)12-7(11)9-4-6(10)5-9;8-6-1-2-7(10)5(3-6)4-9/h4-6H,7-9H2,1-3H3;4-5H2,1-3H3;1-3H,4H2. The highest BCUT2D eigenvalue weighted by Gasteiger charge is 2.52. The number of ether oxygens (including phenoxy) is 3. The minimum Gasteiger partial charge on any atom is -0.444 e. The highest BCUT2D eigenvalue weighted by Crippen LogP contribution is 2.44. The number of benzene rings is 2. The summed E-state index contributed by atoms with van der Waals surface area (Å²) in [6, 6.07) is 12.3. The van der Waals surface area contributed by atoms with Crippen molar-refractivity contribution in [1.82, 2.24) is 9.80 Å². The minimum atomic E-state index is -0.476. The van der Waals surface area contributed by atoms with Crippen LogP contribution in [0.15, 0.2) is 45.3 Å². The second kappa shape index (κ2) is 14.1. The largest absolute Gasteiger partial charge is 0.444 e. The number of Topliss-reactive ketones (excluding diaryl/α,β-unsaturated/α-hetero) is 1. The first-order valence-corrected chi connectivity index (χ1v) is 16.5. The molecule has 8 nitrogen and oxygen atoms in total. The summed E-state index contributed by atoms with van der Waals surface area (Å²) in [5.41, 5.74) is 2.31. The third kappa shape index (κ3) is 9.80. The van der Waals surface area contributed by atoms with E-state index in [0.717, 1.165) is 8.95 Å². The Kier molecular flexibility index (Phi) is 11.8. The number of hydrogen-bond acceptors (Lipinski definition) is 6. The number of ketones is 1. The second-order valence-corrected chi connectivity index (χ2v) is 15.4. The van der Waals surface area contributed by atoms with Gasteiger partial charge in [-0.3, -0.25) is 9.69 Å². The van der Waals surface area contributed by atoms with Gasteiger partial charge in [-0.2, -0.15) is 0 Å². The van der Waals surface area contributed by atoms with Gasteiger partial charge in [0.05, 0.1) is 32.8 Å². The van der Waals surface area contributed by atoms with E-state index in [9.17, 15) is 14.4 Å². The van der Waals surface area contributed by atoms with Crippen molar-refractivity contribution in [3.05, 3.63) is 65.6 Å². The molecular weight excluding hydrogens is 807 g/mol. The molecule has 0 bridgehead atoms. The molecule has 3 heterocycles. The molecular formula is C30H36Br2ClIN2O6. The summed E-state index contributed by atoms with van der Waals surface area (Å²) in [6.07, 6.45) is -0.667. The van der Waals surface area contributed by atoms with Gasteiger partial charge in [-0.25, -0.2) is 9.59 Å². The number of likely N-dealkylation sites (tertiary alicyclic amines) is 2. The van der Waals surface area contributed by atoms with E-state index in [4.69, 9.17) is 25.8 Å². The molecule has 0 N–H and O–H groups in total. The maximum atomic E-state index is 12.0. The van der Waals surface area contributed by atoms with Crippen molar-refractivity contribution in [3.63, 3.8) is 0 Å². The van der Waals surface area contributed by atoms with Gasteiger partial charge in [0.2, 0.25) is 0 Å². The molecule has 0 atom stereocenters. The van der Waals surface area contributed by atoms with Crippen LogP contribution in [0.4, 0.5) is 9.59 Å². The Morgan fingerprint density at radius 2 is 1.45 bits per heavy atom. The number of hydrogen-bond donors (Lipinski definition) is 0. The average Bonchev–Trinajstić information content (AvgIpc) is 3.20. The molecule has 2 fully saturated rings. The van der Waals surface area contributed by atoms with E-state index in [2.05, 4.69) is 66.6 Å². The Balaban J connectivity index is 0.000000188. The number of nitrogens with zero attached hydrogens (tertiary/aromatic N) is 2. The van der Waals surface area contributed by atoms with E-state index in [1.165, 1.54) is 25.2 Å². The van der Waals surface area contributed by atoms with Crippen LogP contribution >= 0.6 is 66.1 Å². The molecule has 2 amide bonds. The number of carbonyl (C=O) groups excluding carboxylic acids is 3. The highest BCUT2D eigenvalue weighted by atomic mass is 127. The number of rotatable bonds is 1. The van der Waals surface area contributed by atoms with Gasteiger partial charge in [0.1, 0.15) is 16.8 Å². The van der Waals surface area contributed by atoms with E-state index in [1.807, 2.05) is 45.0 Å². The van der Waals surface area contributed by atoms with Crippen LogP contribution in [-0.4, -0.2) is 65.2 Å². The van der Waals surface area contributed by atoms with Crippen molar-refractivity contribution >= 4 is 84.0 Å². The fourth-order valence-corrected chi connectivity index (χ4v) is 5.98. The normalized spacial score (nSPS) is 16.7. The number of halogens is 4. The lowest BCUT2D eigenvalue weighted by Crippen LogP contribution is -2.61. The lowest BCUT2D eigenvalue weighted by atomic mass is 9.86. The zero-order chi connectivity index (χ0) is 31.5. The summed E-state index contributed by atoms with van der Waals surface area (Å²) in [5, 5.41) is 0. The molecule has 3 aliphatic rings. The molecule has 0 radical (unpaired) electrons. The summed E-state index contributed by atoms with van der Waals surface area (Å²) in [4.78, 5) is 36.7. The SMILES string of the molecule is CC(C)(C)OC(=O)N1CC(=O)C1.CC(C)(C)OC(=O)N1CC2(C1)OCc1cc(Br)ccc12.ClCc1cc(Br)ccc1I. The monoisotopic (exact) mass is 840 g/mol. The molecule has 1 spiro atoms. The lowest BCUT2D eigenvalue weighted by molar-refractivity contribution is -0.137. The summed E-state index contributed by atoms with van der Waals surface area (Å²) in [5.74, 6) is 0.665. The Bertz CT molecular complexity index is 1310. The van der Waals surface area contributed by atoms with Crippen LogP contribution in [0.1, 0.15) is 58.2 Å².